The zero-order chi connectivity index (χ0) is 15.1. The van der Waals surface area contributed by atoms with E-state index in [4.69, 9.17) is 10.6 Å². The molecule has 2 heterocycles. The van der Waals surface area contributed by atoms with Gasteiger partial charge in [-0.25, -0.2) is 0 Å². The van der Waals surface area contributed by atoms with Crippen molar-refractivity contribution in [3.8, 4) is 0 Å². The summed E-state index contributed by atoms with van der Waals surface area (Å²) in [6.45, 7) is 6.12. The minimum atomic E-state index is 0.294. The van der Waals surface area contributed by atoms with Crippen molar-refractivity contribution in [3.05, 3.63) is 17.5 Å². The van der Waals surface area contributed by atoms with Crippen molar-refractivity contribution in [3.63, 3.8) is 0 Å². The molecule has 2 atom stereocenters. The van der Waals surface area contributed by atoms with Gasteiger partial charge >= 0.3 is 0 Å². The molecule has 0 radical (unpaired) electrons. The minimum Gasteiger partial charge on any atom is -0.378 e. The number of nitrogens with two attached hydrogens (primary N) is 1. The molecule has 5 heteroatoms. The quantitative estimate of drug-likeness (QED) is 0.570. The first kappa shape index (κ1) is 16.5. The van der Waals surface area contributed by atoms with E-state index in [0.717, 1.165) is 38.8 Å². The number of aryl methyl sites for hydroxylation is 2. The number of rotatable bonds is 8. The van der Waals surface area contributed by atoms with Gasteiger partial charge in [-0.15, -0.1) is 0 Å². The van der Waals surface area contributed by atoms with E-state index < -0.39 is 0 Å². The molecule has 1 aliphatic rings. The predicted octanol–water partition coefficient (Wildman–Crippen LogP) is 2.19. The average Bonchev–Trinajstić information content (AvgIpc) is 2.94. The van der Waals surface area contributed by atoms with Crippen molar-refractivity contribution in [2.75, 3.05) is 6.61 Å². The lowest BCUT2D eigenvalue weighted by molar-refractivity contribution is 0.00855. The van der Waals surface area contributed by atoms with Crippen LogP contribution in [0.1, 0.15) is 57.3 Å². The predicted molar refractivity (Wildman–Crippen MR) is 84.9 cm³/mol. The minimum absolute atomic E-state index is 0.294. The SMILES string of the molecule is CCc1cc(CC(CCC2CCCCO2)NN)n(CC)n1. The zero-order valence-corrected chi connectivity index (χ0v) is 13.5. The Morgan fingerprint density at radius 3 is 2.95 bits per heavy atom. The number of hydrogen-bond donors (Lipinski definition) is 2. The van der Waals surface area contributed by atoms with Crippen LogP contribution in [0.3, 0.4) is 0 Å². The van der Waals surface area contributed by atoms with E-state index in [-0.39, 0.29) is 0 Å². The Morgan fingerprint density at radius 1 is 1.48 bits per heavy atom. The van der Waals surface area contributed by atoms with Crippen LogP contribution >= 0.6 is 0 Å². The molecule has 0 aliphatic carbocycles. The smallest absolute Gasteiger partial charge is 0.0624 e. The third-order valence-electron chi connectivity index (χ3n) is 4.38. The highest BCUT2D eigenvalue weighted by atomic mass is 16.5. The monoisotopic (exact) mass is 294 g/mol. The van der Waals surface area contributed by atoms with Gasteiger partial charge in [0.1, 0.15) is 0 Å². The van der Waals surface area contributed by atoms with Gasteiger partial charge in [0.25, 0.3) is 0 Å². The molecule has 0 amide bonds. The number of nitrogens with one attached hydrogen (secondary N) is 1. The first-order valence-corrected chi connectivity index (χ1v) is 8.40. The number of hydrogen-bond acceptors (Lipinski definition) is 4. The summed E-state index contributed by atoms with van der Waals surface area (Å²) in [6, 6.07) is 2.51. The molecule has 2 unspecified atom stereocenters. The molecule has 0 bridgehead atoms. The fourth-order valence-electron chi connectivity index (χ4n) is 3.04. The lowest BCUT2D eigenvalue weighted by Gasteiger charge is -2.24. The van der Waals surface area contributed by atoms with Crippen molar-refractivity contribution in [1.82, 2.24) is 15.2 Å². The van der Waals surface area contributed by atoms with Gasteiger partial charge in [-0.1, -0.05) is 6.92 Å². The lowest BCUT2D eigenvalue weighted by atomic mass is 9.99. The van der Waals surface area contributed by atoms with E-state index in [9.17, 15) is 0 Å². The standard InChI is InChI=1S/C16H30N4O/c1-3-13-11-15(20(4-2)19-13)12-14(18-17)8-9-16-7-5-6-10-21-16/h11,14,16,18H,3-10,12,17H2,1-2H3. The Balaban J connectivity index is 1.87. The normalized spacial score (nSPS) is 20.6. The van der Waals surface area contributed by atoms with Gasteiger partial charge in [-0.05, 0) is 51.5 Å². The molecular weight excluding hydrogens is 264 g/mol. The molecular formula is C16H30N4O. The largest absolute Gasteiger partial charge is 0.378 e. The molecule has 5 nitrogen and oxygen atoms in total. The fraction of sp³-hybridized carbons (Fsp3) is 0.812. The molecule has 120 valence electrons. The van der Waals surface area contributed by atoms with Gasteiger partial charge in [0, 0.05) is 31.3 Å². The maximum absolute atomic E-state index is 5.80. The first-order chi connectivity index (χ1) is 10.3. The molecule has 3 N–H and O–H groups in total. The number of ether oxygens (including phenoxy) is 1. The molecule has 1 saturated heterocycles. The van der Waals surface area contributed by atoms with Crippen LogP contribution in [0.15, 0.2) is 6.07 Å². The average molecular weight is 294 g/mol. The van der Waals surface area contributed by atoms with Gasteiger partial charge in [0.05, 0.1) is 11.8 Å². The fourth-order valence-corrected chi connectivity index (χ4v) is 3.04. The first-order valence-electron chi connectivity index (χ1n) is 8.40. The van der Waals surface area contributed by atoms with E-state index in [1.54, 1.807) is 0 Å². The maximum Gasteiger partial charge on any atom is 0.0624 e. The Morgan fingerprint density at radius 2 is 2.33 bits per heavy atom. The van der Waals surface area contributed by atoms with E-state index in [0.29, 0.717) is 12.1 Å². The molecule has 1 aromatic rings. The summed E-state index contributed by atoms with van der Waals surface area (Å²) in [5.41, 5.74) is 5.42. The van der Waals surface area contributed by atoms with Gasteiger partial charge in [0.15, 0.2) is 0 Å². The Hall–Kier alpha value is -0.910. The van der Waals surface area contributed by atoms with Crippen LogP contribution in [0.2, 0.25) is 0 Å². The van der Waals surface area contributed by atoms with Gasteiger partial charge in [-0.2, -0.15) is 5.10 Å². The second-order valence-corrected chi connectivity index (χ2v) is 5.93. The van der Waals surface area contributed by atoms with Crippen LogP contribution in [0, 0.1) is 0 Å². The Labute approximate surface area is 128 Å². The second kappa shape index (κ2) is 8.51. The van der Waals surface area contributed by atoms with E-state index in [1.165, 1.54) is 30.7 Å². The van der Waals surface area contributed by atoms with E-state index in [2.05, 4.69) is 35.1 Å². The highest BCUT2D eigenvalue weighted by molar-refractivity contribution is 5.12. The summed E-state index contributed by atoms with van der Waals surface area (Å²) in [5.74, 6) is 5.75. The summed E-state index contributed by atoms with van der Waals surface area (Å²) in [5, 5.41) is 4.61. The highest BCUT2D eigenvalue weighted by Crippen LogP contribution is 2.19. The van der Waals surface area contributed by atoms with Crippen LogP contribution in [-0.4, -0.2) is 28.5 Å². The maximum atomic E-state index is 5.80. The summed E-state index contributed by atoms with van der Waals surface area (Å²) in [7, 11) is 0. The number of nitrogens with zero attached hydrogens (tertiary/aromatic N) is 2. The summed E-state index contributed by atoms with van der Waals surface area (Å²) in [4.78, 5) is 0. The molecule has 0 saturated carbocycles. The third kappa shape index (κ3) is 4.80. The van der Waals surface area contributed by atoms with E-state index in [1.807, 2.05) is 0 Å². The summed E-state index contributed by atoms with van der Waals surface area (Å²) < 4.78 is 7.90. The Kier molecular flexibility index (Phi) is 6.67. The van der Waals surface area contributed by atoms with Crippen LogP contribution in [-0.2, 0) is 24.1 Å². The number of aromatic nitrogens is 2. The molecule has 2 rings (SSSR count). The zero-order valence-electron chi connectivity index (χ0n) is 13.5. The van der Waals surface area contributed by atoms with Crippen LogP contribution in [0.4, 0.5) is 0 Å². The summed E-state index contributed by atoms with van der Waals surface area (Å²) in [6.07, 6.45) is 8.20. The van der Waals surface area contributed by atoms with Gasteiger partial charge in [0.2, 0.25) is 0 Å². The van der Waals surface area contributed by atoms with E-state index >= 15 is 0 Å². The van der Waals surface area contributed by atoms with Crippen molar-refractivity contribution < 1.29 is 4.74 Å². The van der Waals surface area contributed by atoms with Crippen molar-refractivity contribution in [2.45, 2.75) is 77.5 Å². The van der Waals surface area contributed by atoms with Crippen molar-refractivity contribution >= 4 is 0 Å². The second-order valence-electron chi connectivity index (χ2n) is 5.93. The molecule has 0 spiro atoms. The van der Waals surface area contributed by atoms with Crippen molar-refractivity contribution in [1.29, 1.82) is 0 Å². The van der Waals surface area contributed by atoms with Crippen LogP contribution in [0.5, 0.6) is 0 Å². The van der Waals surface area contributed by atoms with Crippen molar-refractivity contribution in [2.24, 2.45) is 5.84 Å². The lowest BCUT2D eigenvalue weighted by Crippen LogP contribution is -2.38. The highest BCUT2D eigenvalue weighted by Gasteiger charge is 2.18. The molecule has 21 heavy (non-hydrogen) atoms. The van der Waals surface area contributed by atoms with Crippen LogP contribution in [0.25, 0.3) is 0 Å². The third-order valence-corrected chi connectivity index (χ3v) is 4.38. The molecule has 1 fully saturated rings. The van der Waals surface area contributed by atoms with Gasteiger partial charge < -0.3 is 4.74 Å². The molecule has 1 aromatic heterocycles. The number of hydrazine groups is 1. The molecule has 0 aromatic carbocycles. The molecule has 1 aliphatic heterocycles. The van der Waals surface area contributed by atoms with Crippen LogP contribution < -0.4 is 11.3 Å². The Bertz CT molecular complexity index is 412. The topological polar surface area (TPSA) is 65.1 Å². The summed E-state index contributed by atoms with van der Waals surface area (Å²) >= 11 is 0. The van der Waals surface area contributed by atoms with Gasteiger partial charge in [-0.3, -0.25) is 16.0 Å².